The SMILES string of the molecule is CC(C)(C)OC(=O)CCNCCc1ccc(Cl)c(Cl)c1. The van der Waals surface area contributed by atoms with Crippen LogP contribution < -0.4 is 5.32 Å². The summed E-state index contributed by atoms with van der Waals surface area (Å²) in [6.07, 6.45) is 1.21. The van der Waals surface area contributed by atoms with Crippen molar-refractivity contribution in [1.29, 1.82) is 0 Å². The van der Waals surface area contributed by atoms with E-state index in [0.29, 0.717) is 23.0 Å². The van der Waals surface area contributed by atoms with E-state index in [1.807, 2.05) is 32.9 Å². The third-order valence-corrected chi connectivity index (χ3v) is 3.24. The lowest BCUT2D eigenvalue weighted by Gasteiger charge is -2.19. The largest absolute Gasteiger partial charge is 0.460 e. The van der Waals surface area contributed by atoms with Crippen LogP contribution in [0, 0.1) is 0 Å². The summed E-state index contributed by atoms with van der Waals surface area (Å²) in [5.41, 5.74) is 0.695. The van der Waals surface area contributed by atoms with E-state index in [0.717, 1.165) is 18.5 Å². The molecule has 0 aliphatic carbocycles. The number of hydrogen-bond donors (Lipinski definition) is 1. The smallest absolute Gasteiger partial charge is 0.307 e. The fourth-order valence-electron chi connectivity index (χ4n) is 1.64. The fourth-order valence-corrected chi connectivity index (χ4v) is 1.96. The quantitative estimate of drug-likeness (QED) is 0.639. The Bertz CT molecular complexity index is 456. The number of carbonyl (C=O) groups is 1. The number of esters is 1. The molecule has 0 atom stereocenters. The molecule has 0 spiro atoms. The zero-order chi connectivity index (χ0) is 15.2. The summed E-state index contributed by atoms with van der Waals surface area (Å²) in [5, 5.41) is 4.34. The second-order valence-electron chi connectivity index (χ2n) is 5.58. The van der Waals surface area contributed by atoms with Crippen LogP contribution in [-0.2, 0) is 16.0 Å². The first-order valence-electron chi connectivity index (χ1n) is 6.64. The van der Waals surface area contributed by atoms with Crippen LogP contribution >= 0.6 is 23.2 Å². The summed E-state index contributed by atoms with van der Waals surface area (Å²) in [5.74, 6) is -0.181. The first kappa shape index (κ1) is 17.3. The highest BCUT2D eigenvalue weighted by Gasteiger charge is 2.15. The molecule has 0 saturated heterocycles. The standard InChI is InChI=1S/C15H21Cl2NO2/c1-15(2,3)20-14(19)7-9-18-8-6-11-4-5-12(16)13(17)10-11/h4-5,10,18H,6-9H2,1-3H3. The van der Waals surface area contributed by atoms with Gasteiger partial charge in [0.1, 0.15) is 5.60 Å². The number of nitrogens with one attached hydrogen (secondary N) is 1. The van der Waals surface area contributed by atoms with Crippen molar-refractivity contribution >= 4 is 29.2 Å². The Labute approximate surface area is 130 Å². The molecule has 0 unspecified atom stereocenters. The Kier molecular flexibility index (Phi) is 6.80. The van der Waals surface area contributed by atoms with Crippen molar-refractivity contribution < 1.29 is 9.53 Å². The summed E-state index contributed by atoms with van der Waals surface area (Å²) in [7, 11) is 0. The molecule has 0 heterocycles. The molecule has 1 N–H and O–H groups in total. The zero-order valence-electron chi connectivity index (χ0n) is 12.1. The average molecular weight is 318 g/mol. The number of hydrogen-bond acceptors (Lipinski definition) is 3. The molecule has 1 aromatic rings. The second kappa shape index (κ2) is 7.87. The predicted molar refractivity (Wildman–Crippen MR) is 83.5 cm³/mol. The summed E-state index contributed by atoms with van der Waals surface area (Å²) >= 11 is 11.8. The minimum atomic E-state index is -0.420. The Balaban J connectivity index is 2.19. The first-order valence-corrected chi connectivity index (χ1v) is 7.40. The monoisotopic (exact) mass is 317 g/mol. The van der Waals surface area contributed by atoms with Gasteiger partial charge in [0, 0.05) is 6.54 Å². The maximum absolute atomic E-state index is 11.5. The molecule has 0 amide bonds. The Hall–Kier alpha value is -0.770. The van der Waals surface area contributed by atoms with Gasteiger partial charge in [-0.3, -0.25) is 4.79 Å². The van der Waals surface area contributed by atoms with Gasteiger partial charge in [-0.25, -0.2) is 0 Å². The minimum Gasteiger partial charge on any atom is -0.460 e. The van der Waals surface area contributed by atoms with Crippen LogP contribution in [0.15, 0.2) is 18.2 Å². The highest BCUT2D eigenvalue weighted by Crippen LogP contribution is 2.22. The minimum absolute atomic E-state index is 0.181. The van der Waals surface area contributed by atoms with E-state index in [-0.39, 0.29) is 5.97 Å². The molecular formula is C15H21Cl2NO2. The first-order chi connectivity index (χ1) is 9.28. The molecule has 0 fully saturated rings. The van der Waals surface area contributed by atoms with Gasteiger partial charge in [-0.15, -0.1) is 0 Å². The van der Waals surface area contributed by atoms with Crippen LogP contribution in [0.2, 0.25) is 10.0 Å². The van der Waals surface area contributed by atoms with Gasteiger partial charge in [-0.1, -0.05) is 29.3 Å². The number of carbonyl (C=O) groups excluding carboxylic acids is 1. The van der Waals surface area contributed by atoms with Gasteiger partial charge >= 0.3 is 5.97 Å². The summed E-state index contributed by atoms with van der Waals surface area (Å²) < 4.78 is 5.22. The summed E-state index contributed by atoms with van der Waals surface area (Å²) in [4.78, 5) is 11.5. The lowest BCUT2D eigenvalue weighted by Crippen LogP contribution is -2.27. The van der Waals surface area contributed by atoms with Gasteiger partial charge in [0.2, 0.25) is 0 Å². The Morgan fingerprint density at radius 2 is 1.90 bits per heavy atom. The summed E-state index contributed by atoms with van der Waals surface area (Å²) in [6, 6.07) is 5.60. The molecule has 3 nitrogen and oxygen atoms in total. The van der Waals surface area contributed by atoms with Crippen LogP contribution in [0.25, 0.3) is 0 Å². The van der Waals surface area contributed by atoms with Gasteiger partial charge < -0.3 is 10.1 Å². The number of ether oxygens (including phenoxy) is 1. The van der Waals surface area contributed by atoms with E-state index in [1.54, 1.807) is 6.07 Å². The van der Waals surface area contributed by atoms with Gasteiger partial charge in [-0.2, -0.15) is 0 Å². The zero-order valence-corrected chi connectivity index (χ0v) is 13.6. The van der Waals surface area contributed by atoms with Gasteiger partial charge in [-0.05, 0) is 51.4 Å². The Morgan fingerprint density at radius 3 is 2.50 bits per heavy atom. The molecule has 5 heteroatoms. The molecule has 0 saturated carbocycles. The van der Waals surface area contributed by atoms with E-state index >= 15 is 0 Å². The number of benzene rings is 1. The lowest BCUT2D eigenvalue weighted by atomic mass is 10.1. The molecule has 0 radical (unpaired) electrons. The molecule has 0 aliphatic heterocycles. The molecular weight excluding hydrogens is 297 g/mol. The van der Waals surface area contributed by atoms with Crippen molar-refractivity contribution in [3.63, 3.8) is 0 Å². The lowest BCUT2D eigenvalue weighted by molar-refractivity contribution is -0.154. The molecule has 0 aliphatic rings. The molecule has 0 aromatic heterocycles. The number of rotatable bonds is 6. The molecule has 1 aromatic carbocycles. The molecule has 1 rings (SSSR count). The normalized spacial score (nSPS) is 11.4. The van der Waals surface area contributed by atoms with Crippen molar-refractivity contribution in [1.82, 2.24) is 5.32 Å². The van der Waals surface area contributed by atoms with E-state index < -0.39 is 5.60 Å². The topological polar surface area (TPSA) is 38.3 Å². The van der Waals surface area contributed by atoms with E-state index in [2.05, 4.69) is 5.32 Å². The molecule has 112 valence electrons. The number of halogens is 2. The highest BCUT2D eigenvalue weighted by molar-refractivity contribution is 6.42. The van der Waals surface area contributed by atoms with Crippen LogP contribution in [0.5, 0.6) is 0 Å². The van der Waals surface area contributed by atoms with E-state index in [4.69, 9.17) is 27.9 Å². The Morgan fingerprint density at radius 1 is 1.20 bits per heavy atom. The van der Waals surface area contributed by atoms with Crippen LogP contribution in [0.3, 0.4) is 0 Å². The third kappa shape index (κ3) is 7.13. The van der Waals surface area contributed by atoms with Crippen molar-refractivity contribution in [2.45, 2.75) is 39.2 Å². The average Bonchev–Trinajstić information content (AvgIpc) is 2.31. The van der Waals surface area contributed by atoms with Gasteiger partial charge in [0.25, 0.3) is 0 Å². The molecule has 20 heavy (non-hydrogen) atoms. The van der Waals surface area contributed by atoms with Crippen molar-refractivity contribution in [3.05, 3.63) is 33.8 Å². The van der Waals surface area contributed by atoms with E-state index in [1.165, 1.54) is 0 Å². The van der Waals surface area contributed by atoms with Crippen molar-refractivity contribution in [2.75, 3.05) is 13.1 Å². The highest BCUT2D eigenvalue weighted by atomic mass is 35.5. The van der Waals surface area contributed by atoms with Crippen molar-refractivity contribution in [2.24, 2.45) is 0 Å². The maximum atomic E-state index is 11.5. The van der Waals surface area contributed by atoms with Gasteiger partial charge in [0.15, 0.2) is 0 Å². The van der Waals surface area contributed by atoms with Crippen molar-refractivity contribution in [3.8, 4) is 0 Å². The van der Waals surface area contributed by atoms with Crippen LogP contribution in [-0.4, -0.2) is 24.7 Å². The van der Waals surface area contributed by atoms with Gasteiger partial charge in [0.05, 0.1) is 16.5 Å². The van der Waals surface area contributed by atoms with Crippen LogP contribution in [0.1, 0.15) is 32.8 Å². The summed E-state index contributed by atoms with van der Waals surface area (Å²) in [6.45, 7) is 6.98. The maximum Gasteiger partial charge on any atom is 0.307 e. The second-order valence-corrected chi connectivity index (χ2v) is 6.40. The van der Waals surface area contributed by atoms with Crippen LogP contribution in [0.4, 0.5) is 0 Å². The predicted octanol–water partition coefficient (Wildman–Crippen LogP) is 3.86. The van der Waals surface area contributed by atoms with E-state index in [9.17, 15) is 4.79 Å². The fraction of sp³-hybridized carbons (Fsp3) is 0.533. The molecule has 0 bridgehead atoms. The third-order valence-electron chi connectivity index (χ3n) is 2.50.